The largest absolute Gasteiger partial charge is 0.478 e. The summed E-state index contributed by atoms with van der Waals surface area (Å²) in [4.78, 5) is 21.3. The fourth-order valence-corrected chi connectivity index (χ4v) is 1.78. The molecule has 0 unspecified atom stereocenters. The topological polar surface area (TPSA) is 89.7 Å². The van der Waals surface area contributed by atoms with E-state index in [4.69, 9.17) is 9.84 Å². The van der Waals surface area contributed by atoms with E-state index >= 15 is 0 Å². The Morgan fingerprint density at radius 3 is 2.62 bits per heavy atom. The molecule has 2 aromatic rings. The van der Waals surface area contributed by atoms with Crippen molar-refractivity contribution >= 4 is 11.7 Å². The number of ether oxygens (including phenoxy) is 1. The number of carbonyl (C=O) groups is 1. The zero-order valence-corrected chi connectivity index (χ0v) is 10.9. The standard InChI is InChI=1S/C14H10FNO5/c1-8-4-10(16(19)20)7-11(5-8)21-13-3-2-9(15)6-12(13)14(17)18/h2-7H,1H3,(H,17,18). The van der Waals surface area contributed by atoms with Crippen molar-refractivity contribution in [3.8, 4) is 11.5 Å². The summed E-state index contributed by atoms with van der Waals surface area (Å²) in [5.74, 6) is -2.05. The highest BCUT2D eigenvalue weighted by Gasteiger charge is 2.15. The zero-order valence-electron chi connectivity index (χ0n) is 10.9. The minimum atomic E-state index is -1.35. The van der Waals surface area contributed by atoms with Gasteiger partial charge >= 0.3 is 5.97 Å². The molecule has 0 amide bonds. The lowest BCUT2D eigenvalue weighted by Gasteiger charge is -2.09. The number of aromatic carboxylic acids is 1. The van der Waals surface area contributed by atoms with Crippen molar-refractivity contribution in [2.45, 2.75) is 6.92 Å². The first-order valence-electron chi connectivity index (χ1n) is 5.83. The molecule has 6 nitrogen and oxygen atoms in total. The van der Waals surface area contributed by atoms with Crippen molar-refractivity contribution in [3.05, 3.63) is 63.5 Å². The van der Waals surface area contributed by atoms with Crippen LogP contribution >= 0.6 is 0 Å². The SMILES string of the molecule is Cc1cc(Oc2ccc(F)cc2C(=O)O)cc([N+](=O)[O-])c1. The number of nitro groups is 1. The van der Waals surface area contributed by atoms with Crippen LogP contribution in [0.15, 0.2) is 36.4 Å². The number of benzene rings is 2. The maximum Gasteiger partial charge on any atom is 0.339 e. The van der Waals surface area contributed by atoms with Gasteiger partial charge in [-0.3, -0.25) is 10.1 Å². The second kappa shape index (κ2) is 5.58. The van der Waals surface area contributed by atoms with Crippen LogP contribution in [0.1, 0.15) is 15.9 Å². The molecule has 0 aliphatic rings. The fraction of sp³-hybridized carbons (Fsp3) is 0.0714. The molecule has 0 saturated heterocycles. The molecule has 108 valence electrons. The number of carboxylic acids is 1. The van der Waals surface area contributed by atoms with E-state index in [1.54, 1.807) is 6.92 Å². The number of nitrogens with zero attached hydrogens (tertiary/aromatic N) is 1. The molecule has 21 heavy (non-hydrogen) atoms. The summed E-state index contributed by atoms with van der Waals surface area (Å²) >= 11 is 0. The maximum absolute atomic E-state index is 13.1. The molecular formula is C14H10FNO5. The third-order valence-corrected chi connectivity index (χ3v) is 2.65. The summed E-state index contributed by atoms with van der Waals surface area (Å²) in [6.45, 7) is 1.64. The van der Waals surface area contributed by atoms with Crippen molar-refractivity contribution in [1.29, 1.82) is 0 Å². The lowest BCUT2D eigenvalue weighted by Crippen LogP contribution is -2.01. The van der Waals surface area contributed by atoms with Gasteiger partial charge in [0.2, 0.25) is 0 Å². The van der Waals surface area contributed by atoms with Crippen LogP contribution in [0.25, 0.3) is 0 Å². The van der Waals surface area contributed by atoms with Gasteiger partial charge in [0, 0.05) is 6.07 Å². The van der Waals surface area contributed by atoms with Crippen LogP contribution < -0.4 is 4.74 Å². The minimum Gasteiger partial charge on any atom is -0.478 e. The van der Waals surface area contributed by atoms with Gasteiger partial charge in [-0.2, -0.15) is 0 Å². The predicted molar refractivity (Wildman–Crippen MR) is 71.3 cm³/mol. The Kier molecular flexibility index (Phi) is 3.84. The Balaban J connectivity index is 2.43. The van der Waals surface area contributed by atoms with E-state index < -0.39 is 16.7 Å². The Labute approximate surface area is 118 Å². The molecule has 0 aliphatic carbocycles. The third-order valence-electron chi connectivity index (χ3n) is 2.65. The highest BCUT2D eigenvalue weighted by Crippen LogP contribution is 2.29. The number of hydrogen-bond acceptors (Lipinski definition) is 4. The molecule has 0 heterocycles. The molecule has 2 aromatic carbocycles. The molecule has 7 heteroatoms. The molecule has 0 aromatic heterocycles. The molecule has 0 saturated carbocycles. The molecular weight excluding hydrogens is 281 g/mol. The average Bonchev–Trinajstić information content (AvgIpc) is 2.40. The first-order chi connectivity index (χ1) is 9.86. The van der Waals surface area contributed by atoms with E-state index in [0.29, 0.717) is 5.56 Å². The van der Waals surface area contributed by atoms with E-state index in [0.717, 1.165) is 18.2 Å². The summed E-state index contributed by atoms with van der Waals surface area (Å²) in [5, 5.41) is 19.8. The highest BCUT2D eigenvalue weighted by molar-refractivity contribution is 5.91. The first-order valence-corrected chi connectivity index (χ1v) is 5.83. The van der Waals surface area contributed by atoms with Gasteiger partial charge in [-0.1, -0.05) is 0 Å². The van der Waals surface area contributed by atoms with E-state index in [9.17, 15) is 19.3 Å². The molecule has 0 fully saturated rings. The Morgan fingerprint density at radius 2 is 2.00 bits per heavy atom. The van der Waals surface area contributed by atoms with Crippen molar-refractivity contribution in [2.75, 3.05) is 0 Å². The van der Waals surface area contributed by atoms with Gasteiger partial charge in [-0.25, -0.2) is 9.18 Å². The number of aryl methyl sites for hydroxylation is 1. The van der Waals surface area contributed by atoms with Crippen molar-refractivity contribution in [2.24, 2.45) is 0 Å². The monoisotopic (exact) mass is 291 g/mol. The Bertz CT molecular complexity index is 729. The first kappa shape index (κ1) is 14.4. The fourth-order valence-electron chi connectivity index (χ4n) is 1.78. The van der Waals surface area contributed by atoms with Crippen molar-refractivity contribution in [1.82, 2.24) is 0 Å². The van der Waals surface area contributed by atoms with Gasteiger partial charge in [0.05, 0.1) is 11.0 Å². The van der Waals surface area contributed by atoms with Crippen LogP contribution in [0, 0.1) is 22.9 Å². The maximum atomic E-state index is 13.1. The van der Waals surface area contributed by atoms with E-state index in [-0.39, 0.29) is 22.7 Å². The van der Waals surface area contributed by atoms with Gasteiger partial charge in [0.1, 0.15) is 22.9 Å². The van der Waals surface area contributed by atoms with Crippen molar-refractivity contribution in [3.63, 3.8) is 0 Å². The second-order valence-electron chi connectivity index (χ2n) is 4.31. The Morgan fingerprint density at radius 1 is 1.29 bits per heavy atom. The van der Waals surface area contributed by atoms with E-state index in [1.807, 2.05) is 0 Å². The van der Waals surface area contributed by atoms with Gasteiger partial charge in [-0.05, 0) is 36.8 Å². The van der Waals surface area contributed by atoms with Crippen molar-refractivity contribution < 1.29 is 24.0 Å². The predicted octanol–water partition coefficient (Wildman–Crippen LogP) is 3.53. The number of non-ortho nitro benzene ring substituents is 1. The summed E-state index contributed by atoms with van der Waals surface area (Å²) < 4.78 is 18.4. The quantitative estimate of drug-likeness (QED) is 0.687. The number of halogens is 1. The minimum absolute atomic E-state index is 0.0937. The average molecular weight is 291 g/mol. The third kappa shape index (κ3) is 3.33. The van der Waals surface area contributed by atoms with E-state index in [1.165, 1.54) is 18.2 Å². The molecule has 0 atom stereocenters. The summed E-state index contributed by atoms with van der Waals surface area (Å²) in [6.07, 6.45) is 0. The van der Waals surface area contributed by atoms with Crippen LogP contribution in [0.4, 0.5) is 10.1 Å². The number of hydrogen-bond donors (Lipinski definition) is 1. The molecule has 0 aliphatic heterocycles. The van der Waals surface area contributed by atoms with E-state index in [2.05, 4.69) is 0 Å². The zero-order chi connectivity index (χ0) is 15.6. The number of rotatable bonds is 4. The normalized spacial score (nSPS) is 10.2. The van der Waals surface area contributed by atoms with Gasteiger partial charge in [0.15, 0.2) is 0 Å². The second-order valence-corrected chi connectivity index (χ2v) is 4.31. The number of nitro benzene ring substituents is 1. The number of carboxylic acid groups (broad SMARTS) is 1. The van der Waals surface area contributed by atoms with Crippen LogP contribution in [0.2, 0.25) is 0 Å². The smallest absolute Gasteiger partial charge is 0.339 e. The van der Waals surface area contributed by atoms with Gasteiger partial charge < -0.3 is 9.84 Å². The van der Waals surface area contributed by atoms with Crippen LogP contribution in [-0.4, -0.2) is 16.0 Å². The molecule has 1 N–H and O–H groups in total. The Hall–Kier alpha value is -2.96. The highest BCUT2D eigenvalue weighted by atomic mass is 19.1. The molecule has 0 radical (unpaired) electrons. The summed E-state index contributed by atoms with van der Waals surface area (Å²) in [6, 6.07) is 7.07. The van der Waals surface area contributed by atoms with Crippen LogP contribution in [0.5, 0.6) is 11.5 Å². The molecule has 0 spiro atoms. The van der Waals surface area contributed by atoms with Gasteiger partial charge in [0.25, 0.3) is 5.69 Å². The lowest BCUT2D eigenvalue weighted by molar-refractivity contribution is -0.385. The lowest BCUT2D eigenvalue weighted by atomic mass is 10.2. The van der Waals surface area contributed by atoms with Gasteiger partial charge in [-0.15, -0.1) is 0 Å². The molecule has 2 rings (SSSR count). The van der Waals surface area contributed by atoms with Crippen LogP contribution in [0.3, 0.4) is 0 Å². The molecule has 0 bridgehead atoms. The summed E-state index contributed by atoms with van der Waals surface area (Å²) in [7, 11) is 0. The van der Waals surface area contributed by atoms with Crippen LogP contribution in [-0.2, 0) is 0 Å². The summed E-state index contributed by atoms with van der Waals surface area (Å²) in [5.41, 5.74) is 0.0429.